The molecular formula is C25H20F3N3O3. The van der Waals surface area contributed by atoms with Gasteiger partial charge in [-0.2, -0.15) is 18.3 Å². The van der Waals surface area contributed by atoms with Crippen LogP contribution in [0.15, 0.2) is 72.8 Å². The summed E-state index contributed by atoms with van der Waals surface area (Å²) in [5, 5.41) is 17.0. The lowest BCUT2D eigenvalue weighted by atomic mass is 10.1. The molecule has 0 radical (unpaired) electrons. The van der Waals surface area contributed by atoms with Gasteiger partial charge in [-0.05, 0) is 48.4 Å². The fourth-order valence-corrected chi connectivity index (χ4v) is 3.67. The molecule has 0 saturated carbocycles. The highest BCUT2D eigenvalue weighted by Crippen LogP contribution is 2.29. The number of benzene rings is 3. The lowest BCUT2D eigenvalue weighted by molar-refractivity contribution is -0.137. The minimum Gasteiger partial charge on any atom is -0.478 e. The van der Waals surface area contributed by atoms with Crippen LogP contribution in [0, 0.1) is 0 Å². The second-order valence-corrected chi connectivity index (χ2v) is 7.84. The predicted octanol–water partition coefficient (Wildman–Crippen LogP) is 5.29. The van der Waals surface area contributed by atoms with Gasteiger partial charge in [-0.15, -0.1) is 0 Å². The fourth-order valence-electron chi connectivity index (χ4n) is 3.67. The normalized spacial score (nSPS) is 12.5. The summed E-state index contributed by atoms with van der Waals surface area (Å²) < 4.78 is 40.1. The van der Waals surface area contributed by atoms with Crippen LogP contribution in [-0.2, 0) is 12.7 Å². The number of aromatic nitrogens is 2. The van der Waals surface area contributed by atoms with Gasteiger partial charge in [-0.1, -0.05) is 42.5 Å². The largest absolute Gasteiger partial charge is 0.478 e. The standard InChI is InChI=1S/C25H20F3N3O3/c1-15(17-8-10-18(11-9-17)24(33)34)29-23(32)22-20-4-2-3-5-21(20)30-31(22)14-16-6-12-19(13-7-16)25(26,27)28/h2-13,15H,14H2,1H3,(H,29,32)(H,33,34)/t15-/m1/s1. The number of nitrogens with zero attached hydrogens (tertiary/aromatic N) is 2. The van der Waals surface area contributed by atoms with Gasteiger partial charge in [0.15, 0.2) is 0 Å². The van der Waals surface area contributed by atoms with Gasteiger partial charge in [0.1, 0.15) is 5.69 Å². The summed E-state index contributed by atoms with van der Waals surface area (Å²) in [7, 11) is 0. The molecule has 0 aliphatic carbocycles. The van der Waals surface area contributed by atoms with Gasteiger partial charge in [-0.3, -0.25) is 9.48 Å². The number of aromatic carboxylic acids is 1. The first-order valence-electron chi connectivity index (χ1n) is 10.4. The minimum absolute atomic E-state index is 0.108. The Hall–Kier alpha value is -4.14. The molecule has 174 valence electrons. The number of carboxylic acid groups (broad SMARTS) is 1. The number of carbonyl (C=O) groups excluding carboxylic acids is 1. The van der Waals surface area contributed by atoms with E-state index in [1.807, 2.05) is 0 Å². The Bertz CT molecular complexity index is 1340. The van der Waals surface area contributed by atoms with Crippen molar-refractivity contribution in [2.45, 2.75) is 25.7 Å². The van der Waals surface area contributed by atoms with Gasteiger partial charge < -0.3 is 10.4 Å². The van der Waals surface area contributed by atoms with Gasteiger partial charge in [0.05, 0.1) is 29.2 Å². The third-order valence-corrected chi connectivity index (χ3v) is 5.48. The van der Waals surface area contributed by atoms with Crippen molar-refractivity contribution in [2.75, 3.05) is 0 Å². The van der Waals surface area contributed by atoms with E-state index in [2.05, 4.69) is 10.4 Å². The molecule has 4 aromatic rings. The molecule has 9 heteroatoms. The molecular weight excluding hydrogens is 447 g/mol. The molecule has 1 amide bonds. The van der Waals surface area contributed by atoms with Crippen LogP contribution in [-0.4, -0.2) is 26.8 Å². The molecule has 3 aromatic carbocycles. The van der Waals surface area contributed by atoms with Crippen molar-refractivity contribution in [1.82, 2.24) is 15.1 Å². The van der Waals surface area contributed by atoms with Crippen LogP contribution in [0.5, 0.6) is 0 Å². The summed E-state index contributed by atoms with van der Waals surface area (Å²) in [6.45, 7) is 1.88. The number of alkyl halides is 3. The van der Waals surface area contributed by atoms with Crippen LogP contribution in [0.25, 0.3) is 10.9 Å². The monoisotopic (exact) mass is 467 g/mol. The van der Waals surface area contributed by atoms with Crippen molar-refractivity contribution in [3.05, 3.63) is 101 Å². The van der Waals surface area contributed by atoms with Gasteiger partial charge in [0, 0.05) is 5.39 Å². The van der Waals surface area contributed by atoms with E-state index in [0.29, 0.717) is 16.5 Å². The summed E-state index contributed by atoms with van der Waals surface area (Å²) in [5.41, 5.74) is 1.54. The lowest BCUT2D eigenvalue weighted by Crippen LogP contribution is -2.29. The van der Waals surface area contributed by atoms with E-state index in [9.17, 15) is 22.8 Å². The number of fused-ring (bicyclic) bond motifs is 1. The smallest absolute Gasteiger partial charge is 0.416 e. The van der Waals surface area contributed by atoms with Crippen molar-refractivity contribution < 1.29 is 27.9 Å². The second-order valence-electron chi connectivity index (χ2n) is 7.84. The van der Waals surface area contributed by atoms with Crippen molar-refractivity contribution in [2.24, 2.45) is 0 Å². The molecule has 1 heterocycles. The quantitative estimate of drug-likeness (QED) is 0.404. The van der Waals surface area contributed by atoms with Gasteiger partial charge >= 0.3 is 12.1 Å². The minimum atomic E-state index is -4.43. The number of carbonyl (C=O) groups is 2. The lowest BCUT2D eigenvalue weighted by Gasteiger charge is -2.16. The molecule has 0 aliphatic rings. The van der Waals surface area contributed by atoms with E-state index in [1.165, 1.54) is 28.9 Å². The highest BCUT2D eigenvalue weighted by molar-refractivity contribution is 6.05. The van der Waals surface area contributed by atoms with E-state index in [4.69, 9.17) is 5.11 Å². The van der Waals surface area contributed by atoms with Crippen LogP contribution in [0.1, 0.15) is 50.5 Å². The summed E-state index contributed by atoms with van der Waals surface area (Å²) in [4.78, 5) is 24.3. The highest BCUT2D eigenvalue weighted by Gasteiger charge is 2.30. The molecule has 34 heavy (non-hydrogen) atoms. The highest BCUT2D eigenvalue weighted by atomic mass is 19.4. The molecule has 1 aromatic heterocycles. The Morgan fingerprint density at radius 1 is 1.00 bits per heavy atom. The Balaban J connectivity index is 1.61. The van der Waals surface area contributed by atoms with Gasteiger partial charge in [-0.25, -0.2) is 4.79 Å². The van der Waals surface area contributed by atoms with E-state index < -0.39 is 29.7 Å². The zero-order valence-corrected chi connectivity index (χ0v) is 18.0. The zero-order valence-electron chi connectivity index (χ0n) is 18.0. The maximum atomic E-state index is 13.3. The summed E-state index contributed by atoms with van der Waals surface area (Å²) in [6.07, 6.45) is -4.43. The van der Waals surface area contributed by atoms with Crippen molar-refractivity contribution >= 4 is 22.8 Å². The number of carboxylic acids is 1. The number of rotatable bonds is 6. The predicted molar refractivity (Wildman–Crippen MR) is 120 cm³/mol. The van der Waals surface area contributed by atoms with E-state index in [0.717, 1.165) is 17.7 Å². The average molecular weight is 467 g/mol. The Labute approximate surface area is 192 Å². The SMILES string of the molecule is C[C@@H](NC(=O)c1c2ccccc2nn1Cc1ccc(C(F)(F)F)cc1)c1ccc(C(=O)O)cc1. The van der Waals surface area contributed by atoms with Crippen LogP contribution >= 0.6 is 0 Å². The molecule has 2 N–H and O–H groups in total. The molecule has 1 atom stereocenters. The average Bonchev–Trinajstić information content (AvgIpc) is 3.16. The Kier molecular flexibility index (Phi) is 6.10. The third-order valence-electron chi connectivity index (χ3n) is 5.48. The first-order chi connectivity index (χ1) is 16.1. The van der Waals surface area contributed by atoms with Gasteiger partial charge in [0.2, 0.25) is 0 Å². The first kappa shape index (κ1) is 23.0. The zero-order chi connectivity index (χ0) is 24.5. The van der Waals surface area contributed by atoms with Crippen LogP contribution < -0.4 is 5.32 Å². The summed E-state index contributed by atoms with van der Waals surface area (Å²) >= 11 is 0. The summed E-state index contributed by atoms with van der Waals surface area (Å²) in [5.74, 6) is -1.45. The molecule has 4 rings (SSSR count). The molecule has 0 fully saturated rings. The second kappa shape index (κ2) is 9.01. The Morgan fingerprint density at radius 2 is 1.65 bits per heavy atom. The number of halogens is 3. The number of hydrogen-bond acceptors (Lipinski definition) is 3. The number of nitrogens with one attached hydrogen (secondary N) is 1. The fraction of sp³-hybridized carbons (Fsp3) is 0.160. The maximum absolute atomic E-state index is 13.3. The van der Waals surface area contributed by atoms with Crippen molar-refractivity contribution in [1.29, 1.82) is 0 Å². The summed E-state index contributed by atoms with van der Waals surface area (Å²) in [6, 6.07) is 17.6. The number of amides is 1. The molecule has 0 spiro atoms. The van der Waals surface area contributed by atoms with E-state index in [-0.39, 0.29) is 17.8 Å². The van der Waals surface area contributed by atoms with Crippen molar-refractivity contribution in [3.8, 4) is 0 Å². The number of hydrogen-bond donors (Lipinski definition) is 2. The van der Waals surface area contributed by atoms with E-state index in [1.54, 1.807) is 43.3 Å². The molecule has 6 nitrogen and oxygen atoms in total. The first-order valence-corrected chi connectivity index (χ1v) is 10.4. The topological polar surface area (TPSA) is 84.2 Å². The molecule has 0 saturated heterocycles. The maximum Gasteiger partial charge on any atom is 0.416 e. The Morgan fingerprint density at radius 3 is 2.26 bits per heavy atom. The van der Waals surface area contributed by atoms with E-state index >= 15 is 0 Å². The third kappa shape index (κ3) is 4.78. The molecule has 0 unspecified atom stereocenters. The van der Waals surface area contributed by atoms with Crippen molar-refractivity contribution in [3.63, 3.8) is 0 Å². The molecule has 0 aliphatic heterocycles. The van der Waals surface area contributed by atoms with Gasteiger partial charge in [0.25, 0.3) is 5.91 Å². The van der Waals surface area contributed by atoms with Crippen LogP contribution in [0.4, 0.5) is 13.2 Å². The van der Waals surface area contributed by atoms with Crippen LogP contribution in [0.3, 0.4) is 0 Å². The van der Waals surface area contributed by atoms with Crippen LogP contribution in [0.2, 0.25) is 0 Å². The molecule has 0 bridgehead atoms.